The molecule has 0 atom stereocenters. The van der Waals surface area contributed by atoms with E-state index in [9.17, 15) is 4.79 Å². The van der Waals surface area contributed by atoms with Crippen LogP contribution in [-0.4, -0.2) is 25.9 Å². The Kier molecular flexibility index (Phi) is 5.22. The summed E-state index contributed by atoms with van der Waals surface area (Å²) in [5, 5.41) is 12.2. The fourth-order valence-electron chi connectivity index (χ4n) is 3.02. The van der Waals surface area contributed by atoms with Gasteiger partial charge in [-0.25, -0.2) is 9.67 Å². The molecule has 4 rings (SSSR count). The molecule has 1 N–H and O–H groups in total. The number of para-hydroxylation sites is 1. The monoisotopic (exact) mass is 403 g/mol. The third-order valence-corrected chi connectivity index (χ3v) is 5.84. The van der Waals surface area contributed by atoms with Crippen LogP contribution in [0.2, 0.25) is 0 Å². The lowest BCUT2D eigenvalue weighted by Gasteiger charge is -2.04. The predicted octanol–water partition coefficient (Wildman–Crippen LogP) is 4.25. The predicted molar refractivity (Wildman–Crippen MR) is 114 cm³/mol. The van der Waals surface area contributed by atoms with Crippen LogP contribution in [0.25, 0.3) is 16.4 Å². The quantitative estimate of drug-likeness (QED) is 0.541. The van der Waals surface area contributed by atoms with Gasteiger partial charge in [0.15, 0.2) is 0 Å². The van der Waals surface area contributed by atoms with Crippen molar-refractivity contribution in [3.8, 4) is 16.4 Å². The summed E-state index contributed by atoms with van der Waals surface area (Å²) in [4.78, 5) is 17.9. The van der Waals surface area contributed by atoms with Crippen molar-refractivity contribution >= 4 is 17.2 Å². The number of nitrogens with one attached hydrogen (secondary N) is 1. The van der Waals surface area contributed by atoms with Crippen LogP contribution >= 0.6 is 11.3 Å². The molecule has 6 nitrogen and oxygen atoms in total. The average molecular weight is 404 g/mol. The van der Waals surface area contributed by atoms with Crippen LogP contribution in [0, 0.1) is 20.8 Å². The van der Waals surface area contributed by atoms with Crippen LogP contribution < -0.4 is 5.32 Å². The Bertz CT molecular complexity index is 1150. The van der Waals surface area contributed by atoms with E-state index in [0.717, 1.165) is 16.9 Å². The average Bonchev–Trinajstić information content (AvgIpc) is 3.30. The van der Waals surface area contributed by atoms with Crippen molar-refractivity contribution in [1.82, 2.24) is 25.3 Å². The van der Waals surface area contributed by atoms with Gasteiger partial charge in [-0.2, -0.15) is 0 Å². The lowest BCUT2D eigenvalue weighted by Crippen LogP contribution is -2.22. The lowest BCUT2D eigenvalue weighted by molar-refractivity contribution is 0.0954. The molecule has 29 heavy (non-hydrogen) atoms. The van der Waals surface area contributed by atoms with Crippen LogP contribution in [0.15, 0.2) is 54.6 Å². The summed E-state index contributed by atoms with van der Waals surface area (Å²) in [5.41, 5.74) is 5.47. The summed E-state index contributed by atoms with van der Waals surface area (Å²) in [6, 6.07) is 17.9. The third kappa shape index (κ3) is 3.95. The number of carbonyl (C=O) groups is 1. The highest BCUT2D eigenvalue weighted by Crippen LogP contribution is 2.29. The fourth-order valence-corrected chi connectivity index (χ4v) is 4.04. The minimum absolute atomic E-state index is 0.125. The molecule has 0 saturated heterocycles. The molecular weight excluding hydrogens is 382 g/mol. The first-order valence-electron chi connectivity index (χ1n) is 9.32. The van der Waals surface area contributed by atoms with Crippen molar-refractivity contribution in [2.24, 2.45) is 0 Å². The fraction of sp³-hybridized carbons (Fsp3) is 0.182. The second-order valence-corrected chi connectivity index (χ2v) is 7.87. The molecule has 1 amide bonds. The number of aryl methyl sites for hydroxylation is 2. The highest BCUT2D eigenvalue weighted by molar-refractivity contribution is 7.17. The summed E-state index contributed by atoms with van der Waals surface area (Å²) in [5.74, 6) is -0.125. The first-order valence-corrected chi connectivity index (χ1v) is 10.1. The van der Waals surface area contributed by atoms with E-state index in [0.29, 0.717) is 27.8 Å². The molecule has 0 bridgehead atoms. The van der Waals surface area contributed by atoms with Crippen LogP contribution in [-0.2, 0) is 6.54 Å². The number of rotatable bonds is 5. The van der Waals surface area contributed by atoms with Gasteiger partial charge in [-0.15, -0.1) is 16.4 Å². The number of hydrogen-bond acceptors (Lipinski definition) is 5. The van der Waals surface area contributed by atoms with Gasteiger partial charge in [0.25, 0.3) is 5.91 Å². The molecule has 0 saturated carbocycles. The van der Waals surface area contributed by atoms with Gasteiger partial charge in [0, 0.05) is 6.54 Å². The van der Waals surface area contributed by atoms with E-state index in [1.54, 1.807) is 4.68 Å². The molecular formula is C22H21N5OS. The van der Waals surface area contributed by atoms with E-state index in [1.807, 2.05) is 75.4 Å². The molecule has 146 valence electrons. The molecule has 2 aromatic carbocycles. The van der Waals surface area contributed by atoms with E-state index >= 15 is 0 Å². The van der Waals surface area contributed by atoms with Gasteiger partial charge in [0.2, 0.25) is 0 Å². The lowest BCUT2D eigenvalue weighted by atomic mass is 10.1. The SMILES string of the molecule is Cc1ccc(CNC(=O)c2sc(-c3nnn(-c4ccccc4)c3C)nc2C)cc1. The van der Waals surface area contributed by atoms with Crippen LogP contribution in [0.1, 0.15) is 32.2 Å². The minimum Gasteiger partial charge on any atom is -0.347 e. The largest absolute Gasteiger partial charge is 0.347 e. The highest BCUT2D eigenvalue weighted by Gasteiger charge is 2.20. The van der Waals surface area contributed by atoms with E-state index in [4.69, 9.17) is 0 Å². The number of nitrogens with zero attached hydrogens (tertiary/aromatic N) is 4. The summed E-state index contributed by atoms with van der Waals surface area (Å²) < 4.78 is 1.78. The van der Waals surface area contributed by atoms with Crippen molar-refractivity contribution in [2.75, 3.05) is 0 Å². The second kappa shape index (κ2) is 7.97. The standard InChI is InChI=1S/C22H21N5OS/c1-14-9-11-17(12-10-14)13-23-21(28)20-15(2)24-22(29-20)19-16(3)27(26-25-19)18-7-5-4-6-8-18/h4-12H,13H2,1-3H3,(H,23,28). The normalized spacial score (nSPS) is 10.9. The Morgan fingerprint density at radius 3 is 2.48 bits per heavy atom. The van der Waals surface area contributed by atoms with Gasteiger partial charge in [0.1, 0.15) is 15.6 Å². The number of thiazole rings is 1. The first kappa shape index (κ1) is 19.0. The zero-order chi connectivity index (χ0) is 20.4. The number of aromatic nitrogens is 4. The van der Waals surface area contributed by atoms with Gasteiger partial charge >= 0.3 is 0 Å². The zero-order valence-corrected chi connectivity index (χ0v) is 17.3. The van der Waals surface area contributed by atoms with Crippen molar-refractivity contribution in [3.05, 3.63) is 82.0 Å². The summed E-state index contributed by atoms with van der Waals surface area (Å²) in [6.07, 6.45) is 0. The van der Waals surface area contributed by atoms with Crippen molar-refractivity contribution in [1.29, 1.82) is 0 Å². The molecule has 0 unspecified atom stereocenters. The molecule has 0 aliphatic heterocycles. The first-order chi connectivity index (χ1) is 14.0. The third-order valence-electron chi connectivity index (χ3n) is 4.67. The second-order valence-electron chi connectivity index (χ2n) is 6.87. The van der Waals surface area contributed by atoms with Gasteiger partial charge in [-0.1, -0.05) is 53.2 Å². The van der Waals surface area contributed by atoms with E-state index in [2.05, 4.69) is 20.6 Å². The highest BCUT2D eigenvalue weighted by atomic mass is 32.1. The molecule has 2 heterocycles. The Balaban J connectivity index is 1.54. The maximum atomic E-state index is 12.7. The van der Waals surface area contributed by atoms with E-state index < -0.39 is 0 Å². The van der Waals surface area contributed by atoms with Crippen LogP contribution in [0.4, 0.5) is 0 Å². The summed E-state index contributed by atoms with van der Waals surface area (Å²) in [6.45, 7) is 6.32. The van der Waals surface area contributed by atoms with Crippen LogP contribution in [0.5, 0.6) is 0 Å². The Morgan fingerprint density at radius 1 is 1.03 bits per heavy atom. The van der Waals surface area contributed by atoms with Gasteiger partial charge in [-0.3, -0.25) is 4.79 Å². The van der Waals surface area contributed by atoms with E-state index in [1.165, 1.54) is 16.9 Å². The number of benzene rings is 2. The molecule has 2 aromatic heterocycles. The van der Waals surface area contributed by atoms with Gasteiger partial charge in [0.05, 0.1) is 17.1 Å². The smallest absolute Gasteiger partial charge is 0.263 e. The summed E-state index contributed by atoms with van der Waals surface area (Å²) in [7, 11) is 0. The van der Waals surface area contributed by atoms with Gasteiger partial charge < -0.3 is 5.32 Å². The number of amides is 1. The van der Waals surface area contributed by atoms with Gasteiger partial charge in [-0.05, 0) is 38.5 Å². The maximum absolute atomic E-state index is 12.7. The zero-order valence-electron chi connectivity index (χ0n) is 16.5. The topological polar surface area (TPSA) is 72.7 Å². The minimum atomic E-state index is -0.125. The van der Waals surface area contributed by atoms with Crippen molar-refractivity contribution in [2.45, 2.75) is 27.3 Å². The Morgan fingerprint density at radius 2 is 1.76 bits per heavy atom. The maximum Gasteiger partial charge on any atom is 0.263 e. The van der Waals surface area contributed by atoms with Crippen LogP contribution in [0.3, 0.4) is 0 Å². The Labute approximate surface area is 173 Å². The molecule has 4 aromatic rings. The molecule has 0 aliphatic rings. The number of carbonyl (C=O) groups excluding carboxylic acids is 1. The van der Waals surface area contributed by atoms with Crippen molar-refractivity contribution < 1.29 is 4.79 Å². The molecule has 0 radical (unpaired) electrons. The van der Waals surface area contributed by atoms with Crippen molar-refractivity contribution in [3.63, 3.8) is 0 Å². The van der Waals surface area contributed by atoms with E-state index in [-0.39, 0.29) is 5.91 Å². The molecule has 7 heteroatoms. The molecule has 0 spiro atoms. The number of hydrogen-bond donors (Lipinski definition) is 1. The summed E-state index contributed by atoms with van der Waals surface area (Å²) >= 11 is 1.34. The Hall–Kier alpha value is -3.32. The molecule has 0 aliphatic carbocycles. The molecule has 0 fully saturated rings.